The Balaban J connectivity index is 2.16. The van der Waals surface area contributed by atoms with E-state index >= 15 is 0 Å². The van der Waals surface area contributed by atoms with Gasteiger partial charge in [0.1, 0.15) is 6.10 Å². The summed E-state index contributed by atoms with van der Waals surface area (Å²) in [6.07, 6.45) is -11.3. The molecule has 1 aromatic rings. The molecule has 2 rings (SSSR count). The lowest BCUT2D eigenvalue weighted by Gasteiger charge is -2.26. The highest BCUT2D eigenvalue weighted by Crippen LogP contribution is 2.38. The number of benzene rings is 1. The van der Waals surface area contributed by atoms with Crippen LogP contribution in [0.4, 0.5) is 22.0 Å². The van der Waals surface area contributed by atoms with Crippen LogP contribution in [-0.2, 0) is 30.8 Å². The van der Waals surface area contributed by atoms with Crippen molar-refractivity contribution in [1.29, 1.82) is 0 Å². The molecule has 0 aliphatic carbocycles. The van der Waals surface area contributed by atoms with Crippen molar-refractivity contribution in [1.82, 2.24) is 0 Å². The lowest BCUT2D eigenvalue weighted by molar-refractivity contribution is -0.258. The smallest absolute Gasteiger partial charge is 0.432 e. The Labute approximate surface area is 138 Å². The van der Waals surface area contributed by atoms with E-state index in [2.05, 4.69) is 4.74 Å². The molecule has 2 atom stereocenters. The summed E-state index contributed by atoms with van der Waals surface area (Å²) in [6.45, 7) is 0.435. The molecular formula is C13H11F5O6S. The Morgan fingerprint density at radius 2 is 1.92 bits per heavy atom. The van der Waals surface area contributed by atoms with Gasteiger partial charge < -0.3 is 9.47 Å². The summed E-state index contributed by atoms with van der Waals surface area (Å²) in [6, 6.07) is 5.88. The van der Waals surface area contributed by atoms with Crippen molar-refractivity contribution in [2.45, 2.75) is 30.1 Å². The van der Waals surface area contributed by atoms with Crippen LogP contribution in [0.25, 0.3) is 0 Å². The lowest BCUT2D eigenvalue weighted by atomic mass is 10.1. The molecule has 1 aromatic carbocycles. The van der Waals surface area contributed by atoms with Crippen LogP contribution in [0.3, 0.4) is 0 Å². The predicted octanol–water partition coefficient (Wildman–Crippen LogP) is 2.26. The Bertz CT molecular complexity index is 756. The van der Waals surface area contributed by atoms with Gasteiger partial charge in [-0.3, -0.25) is 9.35 Å². The van der Waals surface area contributed by atoms with Crippen molar-refractivity contribution in [3.8, 4) is 0 Å². The topological polar surface area (TPSA) is 93.2 Å². The summed E-state index contributed by atoms with van der Waals surface area (Å²) in [7, 11) is -6.46. The number of rotatable bonds is 6. The lowest BCUT2D eigenvalue weighted by Crippen LogP contribution is -2.52. The van der Waals surface area contributed by atoms with Crippen molar-refractivity contribution in [2.24, 2.45) is 0 Å². The van der Waals surface area contributed by atoms with Crippen molar-refractivity contribution < 1.29 is 49.2 Å². The maximum atomic E-state index is 13.3. The van der Waals surface area contributed by atoms with Gasteiger partial charge in [0.25, 0.3) is 6.10 Å². The van der Waals surface area contributed by atoms with E-state index in [1.165, 1.54) is 18.2 Å². The monoisotopic (exact) mass is 390 g/mol. The highest BCUT2D eigenvalue weighted by Gasteiger charge is 2.66. The van der Waals surface area contributed by atoms with Gasteiger partial charge in [-0.15, -0.1) is 0 Å². The highest BCUT2D eigenvalue weighted by atomic mass is 32.2. The summed E-state index contributed by atoms with van der Waals surface area (Å²) in [4.78, 5) is 11.6. The summed E-state index contributed by atoms with van der Waals surface area (Å²) < 4.78 is 103. The fourth-order valence-electron chi connectivity index (χ4n) is 1.94. The first-order valence-electron chi connectivity index (χ1n) is 6.64. The minimum absolute atomic E-state index is 0.161. The Morgan fingerprint density at radius 1 is 1.32 bits per heavy atom. The van der Waals surface area contributed by atoms with Crippen molar-refractivity contribution in [3.05, 3.63) is 35.4 Å². The van der Waals surface area contributed by atoms with Crippen LogP contribution in [0.15, 0.2) is 24.3 Å². The average Bonchev–Trinajstić information content (AvgIpc) is 3.27. The SMILES string of the molecule is O=C(Cc1cccc(C2CO2)c1)OC(C(F)(F)F)C(F)(F)S(=O)(=O)O. The second kappa shape index (κ2) is 6.50. The van der Waals surface area contributed by atoms with E-state index in [1.54, 1.807) is 6.07 Å². The number of hydrogen-bond donors (Lipinski definition) is 1. The minimum atomic E-state index is -6.46. The van der Waals surface area contributed by atoms with Crippen molar-refractivity contribution >= 4 is 16.1 Å². The molecule has 1 fully saturated rings. The van der Waals surface area contributed by atoms with E-state index in [1.807, 2.05) is 0 Å². The molecule has 12 heteroatoms. The molecule has 1 aliphatic heterocycles. The number of esters is 1. The predicted molar refractivity (Wildman–Crippen MR) is 71.3 cm³/mol. The number of ether oxygens (including phenoxy) is 2. The molecule has 1 heterocycles. The van der Waals surface area contributed by atoms with Crippen LogP contribution in [0.2, 0.25) is 0 Å². The number of halogens is 5. The minimum Gasteiger partial charge on any atom is -0.444 e. The maximum Gasteiger partial charge on any atom is 0.432 e. The maximum absolute atomic E-state index is 13.3. The molecule has 25 heavy (non-hydrogen) atoms. The van der Waals surface area contributed by atoms with Crippen LogP contribution in [0, 0.1) is 0 Å². The Morgan fingerprint density at radius 3 is 2.40 bits per heavy atom. The van der Waals surface area contributed by atoms with Gasteiger partial charge >= 0.3 is 27.5 Å². The number of carbonyl (C=O) groups is 1. The van der Waals surface area contributed by atoms with Crippen LogP contribution in [0.5, 0.6) is 0 Å². The number of hydrogen-bond acceptors (Lipinski definition) is 5. The molecule has 6 nitrogen and oxygen atoms in total. The van der Waals surface area contributed by atoms with Gasteiger partial charge in [-0.2, -0.15) is 30.4 Å². The van der Waals surface area contributed by atoms with Gasteiger partial charge in [0, 0.05) is 0 Å². The Hall–Kier alpha value is -1.79. The van der Waals surface area contributed by atoms with Gasteiger partial charge in [-0.1, -0.05) is 24.3 Å². The van der Waals surface area contributed by atoms with Crippen molar-refractivity contribution in [3.63, 3.8) is 0 Å². The fraction of sp³-hybridized carbons (Fsp3) is 0.462. The number of carbonyl (C=O) groups excluding carboxylic acids is 1. The van der Waals surface area contributed by atoms with Crippen LogP contribution < -0.4 is 0 Å². The second-order valence-electron chi connectivity index (χ2n) is 5.19. The van der Waals surface area contributed by atoms with Gasteiger partial charge in [0.15, 0.2) is 0 Å². The first-order chi connectivity index (χ1) is 11.3. The molecule has 0 amide bonds. The third-order valence-corrected chi connectivity index (χ3v) is 4.10. The van der Waals surface area contributed by atoms with E-state index in [4.69, 9.17) is 9.29 Å². The quantitative estimate of drug-likeness (QED) is 0.347. The molecule has 0 aromatic heterocycles. The zero-order valence-electron chi connectivity index (χ0n) is 12.2. The van der Waals surface area contributed by atoms with Gasteiger partial charge in [0.05, 0.1) is 13.0 Å². The second-order valence-corrected chi connectivity index (χ2v) is 6.69. The zero-order valence-corrected chi connectivity index (χ0v) is 13.0. The van der Waals surface area contributed by atoms with E-state index in [0.29, 0.717) is 12.2 Å². The third-order valence-electron chi connectivity index (χ3n) is 3.20. The Kier molecular flexibility index (Phi) is 5.08. The van der Waals surface area contributed by atoms with Crippen molar-refractivity contribution in [2.75, 3.05) is 6.61 Å². The molecule has 2 unspecified atom stereocenters. The van der Waals surface area contributed by atoms with E-state index in [0.717, 1.165) is 0 Å². The summed E-state index contributed by atoms with van der Waals surface area (Å²) in [5, 5.41) is -5.75. The molecule has 0 saturated carbocycles. The third kappa shape index (κ3) is 4.64. The summed E-state index contributed by atoms with van der Waals surface area (Å²) in [5.41, 5.74) is 0.801. The summed E-state index contributed by atoms with van der Waals surface area (Å²) in [5.74, 6) is -1.74. The first-order valence-corrected chi connectivity index (χ1v) is 8.08. The first kappa shape index (κ1) is 19.5. The molecule has 1 N–H and O–H groups in total. The van der Waals surface area contributed by atoms with E-state index < -0.39 is 40.0 Å². The largest absolute Gasteiger partial charge is 0.444 e. The van der Waals surface area contributed by atoms with Crippen LogP contribution in [0.1, 0.15) is 17.2 Å². The molecule has 0 bridgehead atoms. The number of epoxide rings is 1. The molecule has 0 radical (unpaired) electrons. The average molecular weight is 390 g/mol. The summed E-state index contributed by atoms with van der Waals surface area (Å²) >= 11 is 0. The highest BCUT2D eigenvalue weighted by molar-refractivity contribution is 7.86. The van der Waals surface area contributed by atoms with E-state index in [-0.39, 0.29) is 11.7 Å². The number of alkyl halides is 5. The molecule has 1 saturated heterocycles. The molecule has 0 spiro atoms. The zero-order chi connectivity index (χ0) is 19.0. The van der Waals surface area contributed by atoms with Crippen LogP contribution in [-0.4, -0.2) is 43.1 Å². The normalized spacial score (nSPS) is 19.4. The molecular weight excluding hydrogens is 379 g/mol. The standard InChI is InChI=1S/C13H11F5O6S/c14-12(15,16)11(13(17,18)25(20,21)22)24-10(19)5-7-2-1-3-8(4-7)9-6-23-9/h1-4,9,11H,5-6H2,(H,20,21,22). The fourth-order valence-corrected chi connectivity index (χ4v) is 2.40. The van der Waals surface area contributed by atoms with Crippen LogP contribution >= 0.6 is 0 Å². The molecule has 140 valence electrons. The van der Waals surface area contributed by atoms with Gasteiger partial charge in [-0.05, 0) is 11.1 Å². The molecule has 1 aliphatic rings. The van der Waals surface area contributed by atoms with Gasteiger partial charge in [-0.25, -0.2) is 0 Å². The van der Waals surface area contributed by atoms with Gasteiger partial charge in [0.2, 0.25) is 0 Å². The van der Waals surface area contributed by atoms with E-state index in [9.17, 15) is 35.2 Å².